The minimum atomic E-state index is -0.00877. The Bertz CT molecular complexity index is 1300. The zero-order valence-electron chi connectivity index (χ0n) is 20.5. The van der Waals surface area contributed by atoms with Crippen molar-refractivity contribution in [3.05, 3.63) is 103 Å². The normalized spacial score (nSPS) is 15.6. The minimum absolute atomic E-state index is 0.00877. The molecule has 0 unspecified atom stereocenters. The smallest absolute Gasteiger partial charge is 0.0994 e. The summed E-state index contributed by atoms with van der Waals surface area (Å²) < 4.78 is 0. The number of benzene rings is 3. The van der Waals surface area contributed by atoms with Crippen LogP contribution in [0.25, 0.3) is 0 Å². The fraction of sp³-hybridized carbons (Fsp3) is 0.300. The second-order valence-corrected chi connectivity index (χ2v) is 8.61. The van der Waals surface area contributed by atoms with Crippen LogP contribution in [0, 0.1) is 61.7 Å². The fourth-order valence-electron chi connectivity index (χ4n) is 4.93. The summed E-state index contributed by atoms with van der Waals surface area (Å²) in [4.78, 5) is 0. The summed E-state index contributed by atoms with van der Waals surface area (Å²) in [7, 11) is 0. The van der Waals surface area contributed by atoms with E-state index in [9.17, 15) is 15.8 Å². The van der Waals surface area contributed by atoms with Crippen LogP contribution in [0.3, 0.4) is 0 Å². The lowest BCUT2D eigenvalue weighted by Crippen LogP contribution is -2.20. The van der Waals surface area contributed by atoms with Crippen LogP contribution in [0.4, 0.5) is 0 Å². The third-order valence-corrected chi connectivity index (χ3v) is 6.70. The Morgan fingerprint density at radius 2 is 0.879 bits per heavy atom. The summed E-state index contributed by atoms with van der Waals surface area (Å²) in [6, 6.07) is 19.4. The van der Waals surface area contributed by atoms with Crippen LogP contribution in [-0.2, 0) is 0 Å². The van der Waals surface area contributed by atoms with Crippen molar-refractivity contribution in [1.29, 1.82) is 15.8 Å². The van der Waals surface area contributed by atoms with Crippen molar-refractivity contribution in [2.45, 2.75) is 60.3 Å². The lowest BCUT2D eigenvalue weighted by atomic mass is 9.68. The molecule has 0 amide bonds. The molecule has 3 nitrogen and oxygen atoms in total. The van der Waals surface area contributed by atoms with Gasteiger partial charge in [0.15, 0.2) is 0 Å². The molecule has 33 heavy (non-hydrogen) atoms. The van der Waals surface area contributed by atoms with Gasteiger partial charge >= 0.3 is 0 Å². The van der Waals surface area contributed by atoms with E-state index in [0.717, 1.165) is 33.4 Å². The summed E-state index contributed by atoms with van der Waals surface area (Å²) in [6.07, 6.45) is 0. The molecule has 0 radical (unpaired) electrons. The summed E-state index contributed by atoms with van der Waals surface area (Å²) in [5.41, 5.74) is 11.9. The Hall–Kier alpha value is -3.87. The number of hydrogen-bond acceptors (Lipinski definition) is 3. The van der Waals surface area contributed by atoms with Crippen LogP contribution < -0.4 is 0 Å². The SMILES string of the molecule is CC.Cc1cc(C2c3cc(C)c(C#N)cc3C(C)c3cc(C#N)c(C)cc32)c(C)cc1C#N. The molecule has 1 aliphatic carbocycles. The van der Waals surface area contributed by atoms with E-state index in [-0.39, 0.29) is 11.8 Å². The van der Waals surface area contributed by atoms with Crippen LogP contribution in [-0.4, -0.2) is 0 Å². The molecule has 1 aliphatic rings. The average molecular weight is 432 g/mol. The van der Waals surface area contributed by atoms with Gasteiger partial charge in [-0.3, -0.25) is 0 Å². The van der Waals surface area contributed by atoms with Crippen molar-refractivity contribution in [3.8, 4) is 18.2 Å². The standard InChI is InChI=1S/C28H23N3.C2H6/c1-15-7-23(18(4)6-20(15)12-29)28-26-8-16(2)21(13-30)10-24(26)19(5)25-11-22(14-31)17(3)9-27(25)28;1-2/h6-11,19,28H,1-5H3;1-2H3. The van der Waals surface area contributed by atoms with Crippen molar-refractivity contribution in [2.75, 3.05) is 0 Å². The van der Waals surface area contributed by atoms with Gasteiger partial charge in [-0.25, -0.2) is 0 Å². The van der Waals surface area contributed by atoms with Crippen LogP contribution in [0.15, 0.2) is 36.4 Å². The molecule has 0 saturated carbocycles. The van der Waals surface area contributed by atoms with Crippen molar-refractivity contribution >= 4 is 0 Å². The molecule has 0 spiro atoms. The van der Waals surface area contributed by atoms with E-state index in [1.165, 1.54) is 16.7 Å². The fourth-order valence-corrected chi connectivity index (χ4v) is 4.93. The van der Waals surface area contributed by atoms with Gasteiger partial charge in [0.2, 0.25) is 0 Å². The van der Waals surface area contributed by atoms with Crippen LogP contribution in [0.2, 0.25) is 0 Å². The average Bonchev–Trinajstić information content (AvgIpc) is 2.81. The van der Waals surface area contributed by atoms with E-state index in [1.807, 2.05) is 52.8 Å². The van der Waals surface area contributed by atoms with Crippen LogP contribution >= 0.6 is 0 Å². The topological polar surface area (TPSA) is 71.4 Å². The third-order valence-electron chi connectivity index (χ3n) is 6.70. The molecular formula is C30H29N3. The maximum atomic E-state index is 9.62. The third kappa shape index (κ3) is 3.91. The molecule has 0 fully saturated rings. The molecule has 0 aromatic heterocycles. The van der Waals surface area contributed by atoms with Gasteiger partial charge in [-0.15, -0.1) is 0 Å². The van der Waals surface area contributed by atoms with Gasteiger partial charge in [-0.1, -0.05) is 39.0 Å². The Labute approximate surface area is 197 Å². The molecule has 0 bridgehead atoms. The Balaban J connectivity index is 0.00000149. The minimum Gasteiger partial charge on any atom is -0.192 e. The number of aryl methyl sites for hydroxylation is 4. The summed E-state index contributed by atoms with van der Waals surface area (Å²) in [5.74, 6) is 0.0759. The molecule has 0 saturated heterocycles. The second-order valence-electron chi connectivity index (χ2n) is 8.61. The molecule has 3 heteroatoms. The van der Waals surface area contributed by atoms with E-state index < -0.39 is 0 Å². The zero-order valence-corrected chi connectivity index (χ0v) is 20.5. The highest BCUT2D eigenvalue weighted by molar-refractivity contribution is 5.64. The first-order valence-electron chi connectivity index (χ1n) is 11.4. The van der Waals surface area contributed by atoms with Gasteiger partial charge < -0.3 is 0 Å². The highest BCUT2D eigenvalue weighted by Gasteiger charge is 2.33. The van der Waals surface area contributed by atoms with Crippen molar-refractivity contribution < 1.29 is 0 Å². The Morgan fingerprint density at radius 3 is 1.27 bits per heavy atom. The maximum absolute atomic E-state index is 9.62. The number of hydrogen-bond donors (Lipinski definition) is 0. The van der Waals surface area contributed by atoms with Gasteiger partial charge in [0.1, 0.15) is 0 Å². The number of nitriles is 3. The predicted molar refractivity (Wildman–Crippen MR) is 132 cm³/mol. The molecule has 4 rings (SSSR count). The summed E-state index contributed by atoms with van der Waals surface area (Å²) in [6.45, 7) is 14.1. The number of fused-ring (bicyclic) bond motifs is 2. The molecule has 0 heterocycles. The Morgan fingerprint density at radius 1 is 0.515 bits per heavy atom. The second kappa shape index (κ2) is 9.32. The molecular weight excluding hydrogens is 402 g/mol. The molecule has 3 aromatic rings. The van der Waals surface area contributed by atoms with E-state index in [4.69, 9.17) is 0 Å². The Kier molecular flexibility index (Phi) is 6.72. The largest absolute Gasteiger partial charge is 0.192 e. The van der Waals surface area contributed by atoms with E-state index in [1.54, 1.807) is 0 Å². The molecule has 0 N–H and O–H groups in total. The molecule has 0 aliphatic heterocycles. The summed E-state index contributed by atoms with van der Waals surface area (Å²) in [5, 5.41) is 28.7. The van der Waals surface area contributed by atoms with Crippen molar-refractivity contribution in [3.63, 3.8) is 0 Å². The lowest BCUT2D eigenvalue weighted by molar-refractivity contribution is 0.786. The van der Waals surface area contributed by atoms with Gasteiger partial charge in [-0.05, 0) is 96.0 Å². The maximum Gasteiger partial charge on any atom is 0.0994 e. The van der Waals surface area contributed by atoms with Crippen LogP contribution in [0.5, 0.6) is 0 Å². The van der Waals surface area contributed by atoms with Gasteiger partial charge in [0, 0.05) is 11.8 Å². The van der Waals surface area contributed by atoms with Gasteiger partial charge in [0.05, 0.1) is 34.9 Å². The molecule has 0 atom stereocenters. The first kappa shape index (κ1) is 23.8. The first-order chi connectivity index (χ1) is 15.8. The highest BCUT2D eigenvalue weighted by Crippen LogP contribution is 2.48. The van der Waals surface area contributed by atoms with Gasteiger partial charge in [0.25, 0.3) is 0 Å². The highest BCUT2D eigenvalue weighted by atomic mass is 14.4. The van der Waals surface area contributed by atoms with Crippen molar-refractivity contribution in [2.24, 2.45) is 0 Å². The number of rotatable bonds is 1. The monoisotopic (exact) mass is 431 g/mol. The molecule has 164 valence electrons. The first-order valence-corrected chi connectivity index (χ1v) is 11.4. The van der Waals surface area contributed by atoms with E-state index >= 15 is 0 Å². The van der Waals surface area contributed by atoms with E-state index in [2.05, 4.69) is 50.3 Å². The summed E-state index contributed by atoms with van der Waals surface area (Å²) >= 11 is 0. The van der Waals surface area contributed by atoms with Gasteiger partial charge in [-0.2, -0.15) is 15.8 Å². The van der Waals surface area contributed by atoms with Crippen LogP contribution in [0.1, 0.15) is 99.4 Å². The van der Waals surface area contributed by atoms with E-state index in [0.29, 0.717) is 16.7 Å². The molecule has 3 aromatic carbocycles. The number of nitrogens with zero attached hydrogens (tertiary/aromatic N) is 3. The quantitative estimate of drug-likeness (QED) is 0.409. The lowest BCUT2D eigenvalue weighted by Gasteiger charge is -2.35. The predicted octanol–water partition coefficient (Wildman–Crippen LogP) is 7.21. The zero-order chi connectivity index (χ0) is 24.4. The van der Waals surface area contributed by atoms with Crippen molar-refractivity contribution in [1.82, 2.24) is 0 Å².